The molecule has 0 fully saturated rings. The van der Waals surface area contributed by atoms with Crippen LogP contribution in [-0.4, -0.2) is 11.0 Å². The first-order valence-corrected chi connectivity index (χ1v) is 7.75. The van der Waals surface area contributed by atoms with Gasteiger partial charge in [-0.3, -0.25) is 4.57 Å². The molecular weight excluding hydrogens is 235 g/mol. The van der Waals surface area contributed by atoms with Crippen molar-refractivity contribution in [2.24, 2.45) is 0 Å². The highest BCUT2D eigenvalue weighted by molar-refractivity contribution is 7.51. The fraction of sp³-hybridized carbons (Fsp3) is 0.538. The molecule has 0 heterocycles. The zero-order valence-corrected chi connectivity index (χ0v) is 11.6. The van der Waals surface area contributed by atoms with Crippen molar-refractivity contribution in [2.75, 3.05) is 0 Å². The van der Waals surface area contributed by atoms with Crippen LogP contribution in [0.4, 0.5) is 0 Å². The summed E-state index contributed by atoms with van der Waals surface area (Å²) in [6, 6.07) is 7.62. The smallest absolute Gasteiger partial charge is 0.324 e. The normalized spacial score (nSPS) is 16.5. The molecule has 1 N–H and O–H groups in total. The average Bonchev–Trinajstić information content (AvgIpc) is 2.15. The highest BCUT2D eigenvalue weighted by Crippen LogP contribution is 2.47. The molecule has 0 aliphatic carbocycles. The average molecular weight is 256 g/mol. The van der Waals surface area contributed by atoms with Crippen molar-refractivity contribution in [1.29, 1.82) is 0 Å². The van der Waals surface area contributed by atoms with Crippen LogP contribution in [0, 0.1) is 6.92 Å². The van der Waals surface area contributed by atoms with Crippen molar-refractivity contribution in [1.82, 2.24) is 0 Å². The zero-order valence-electron chi connectivity index (χ0n) is 10.7. The fourth-order valence-electron chi connectivity index (χ4n) is 1.82. The van der Waals surface area contributed by atoms with Gasteiger partial charge >= 0.3 is 7.60 Å². The lowest BCUT2D eigenvalue weighted by Gasteiger charge is -2.17. The Morgan fingerprint density at radius 2 is 2.18 bits per heavy atom. The molecule has 0 bridgehead atoms. The molecule has 0 aliphatic rings. The van der Waals surface area contributed by atoms with Crippen LogP contribution in [0.15, 0.2) is 24.3 Å². The molecule has 17 heavy (non-hydrogen) atoms. The van der Waals surface area contributed by atoms with Gasteiger partial charge in [0.15, 0.2) is 0 Å². The molecule has 0 saturated carbocycles. The molecule has 1 rings (SSSR count). The van der Waals surface area contributed by atoms with Crippen LogP contribution in [0.5, 0.6) is 0 Å². The molecule has 1 aromatic carbocycles. The van der Waals surface area contributed by atoms with Gasteiger partial charge in [-0.1, -0.05) is 43.2 Å². The molecule has 4 heteroatoms. The molecule has 2 atom stereocenters. The summed E-state index contributed by atoms with van der Waals surface area (Å²) in [6.07, 6.45) is 1.67. The quantitative estimate of drug-likeness (QED) is 0.785. The van der Waals surface area contributed by atoms with Gasteiger partial charge in [-0.15, -0.1) is 0 Å². The van der Waals surface area contributed by atoms with Crippen LogP contribution in [0.3, 0.4) is 0 Å². The Hall–Kier alpha value is -0.630. The second kappa shape index (κ2) is 6.34. The van der Waals surface area contributed by atoms with E-state index < -0.39 is 7.60 Å². The molecule has 0 spiro atoms. The van der Waals surface area contributed by atoms with Crippen molar-refractivity contribution in [3.63, 3.8) is 0 Å². The van der Waals surface area contributed by atoms with Gasteiger partial charge in [-0.2, -0.15) is 0 Å². The zero-order chi connectivity index (χ0) is 12.9. The van der Waals surface area contributed by atoms with Gasteiger partial charge in [0.05, 0.1) is 12.3 Å². The van der Waals surface area contributed by atoms with Gasteiger partial charge in [0.2, 0.25) is 0 Å². The van der Waals surface area contributed by atoms with Crippen LogP contribution in [0.25, 0.3) is 0 Å². The summed E-state index contributed by atoms with van der Waals surface area (Å²) in [6.45, 7) is 5.83. The van der Waals surface area contributed by atoms with Crippen molar-refractivity contribution in [3.05, 3.63) is 35.4 Å². The first kappa shape index (κ1) is 14.4. The lowest BCUT2D eigenvalue weighted by atomic mass is 10.2. The third-order valence-electron chi connectivity index (χ3n) is 2.50. The second-order valence-corrected chi connectivity index (χ2v) is 6.29. The third kappa shape index (κ3) is 5.49. The Morgan fingerprint density at radius 3 is 2.76 bits per heavy atom. The van der Waals surface area contributed by atoms with E-state index in [2.05, 4.69) is 0 Å². The van der Waals surface area contributed by atoms with E-state index in [0.717, 1.165) is 24.0 Å². The predicted octanol–water partition coefficient (Wildman–Crippen LogP) is 3.89. The van der Waals surface area contributed by atoms with Crippen molar-refractivity contribution in [3.8, 4) is 0 Å². The van der Waals surface area contributed by atoms with Crippen molar-refractivity contribution < 1.29 is 14.0 Å². The maximum absolute atomic E-state index is 11.9. The Labute approximate surface area is 103 Å². The maximum atomic E-state index is 11.9. The maximum Gasteiger partial charge on any atom is 0.332 e. The van der Waals surface area contributed by atoms with E-state index in [0.29, 0.717) is 0 Å². The fourth-order valence-corrected chi connectivity index (χ4v) is 3.22. The van der Waals surface area contributed by atoms with Crippen molar-refractivity contribution >= 4 is 7.60 Å². The molecule has 96 valence electrons. The van der Waals surface area contributed by atoms with Crippen LogP contribution in [-0.2, 0) is 15.3 Å². The van der Waals surface area contributed by atoms with Crippen LogP contribution >= 0.6 is 7.60 Å². The standard InChI is InChI=1S/C13H21O3P/c1-4-6-12(3)16-17(14,15)10-13-8-5-7-11(2)9-13/h5,7-9,12H,4,6,10H2,1-3H3,(H,14,15). The van der Waals surface area contributed by atoms with Crippen LogP contribution < -0.4 is 0 Å². The van der Waals surface area contributed by atoms with Gasteiger partial charge < -0.3 is 9.42 Å². The molecule has 1 aromatic rings. The Kier molecular flexibility index (Phi) is 5.38. The molecule has 0 aliphatic heterocycles. The van der Waals surface area contributed by atoms with E-state index in [1.54, 1.807) is 0 Å². The number of rotatable bonds is 6. The summed E-state index contributed by atoms with van der Waals surface area (Å²) in [5.41, 5.74) is 1.93. The highest BCUT2D eigenvalue weighted by Gasteiger charge is 2.22. The van der Waals surface area contributed by atoms with Gasteiger partial charge in [0, 0.05) is 0 Å². The SMILES string of the molecule is CCCC(C)OP(=O)(O)Cc1cccc(C)c1. The molecule has 0 aromatic heterocycles. The third-order valence-corrected chi connectivity index (χ3v) is 3.96. The summed E-state index contributed by atoms with van der Waals surface area (Å²) in [7, 11) is -3.52. The molecule has 0 amide bonds. The lowest BCUT2D eigenvalue weighted by molar-refractivity contribution is 0.179. The summed E-state index contributed by atoms with van der Waals surface area (Å²) in [5.74, 6) is 0. The minimum absolute atomic E-state index is 0.0860. The monoisotopic (exact) mass is 256 g/mol. The molecule has 0 saturated heterocycles. The van der Waals surface area contributed by atoms with E-state index >= 15 is 0 Å². The topological polar surface area (TPSA) is 46.5 Å². The minimum Gasteiger partial charge on any atom is -0.324 e. The predicted molar refractivity (Wildman–Crippen MR) is 70.2 cm³/mol. The summed E-state index contributed by atoms with van der Waals surface area (Å²) >= 11 is 0. The van der Waals surface area contributed by atoms with E-state index in [1.807, 2.05) is 45.0 Å². The van der Waals surface area contributed by atoms with Crippen LogP contribution in [0.1, 0.15) is 37.8 Å². The van der Waals surface area contributed by atoms with Gasteiger partial charge in [0.25, 0.3) is 0 Å². The summed E-state index contributed by atoms with van der Waals surface area (Å²) in [5, 5.41) is 0. The number of benzene rings is 1. The molecular formula is C13H21O3P. The molecule has 2 unspecified atom stereocenters. The Bertz CT molecular complexity index is 403. The Balaban J connectivity index is 2.63. The number of hydrogen-bond donors (Lipinski definition) is 1. The minimum atomic E-state index is -3.52. The van der Waals surface area contributed by atoms with Crippen molar-refractivity contribution in [2.45, 2.75) is 45.9 Å². The molecule has 3 nitrogen and oxygen atoms in total. The summed E-state index contributed by atoms with van der Waals surface area (Å²) in [4.78, 5) is 9.79. The van der Waals surface area contributed by atoms with Gasteiger partial charge in [0.1, 0.15) is 0 Å². The lowest BCUT2D eigenvalue weighted by Crippen LogP contribution is -2.06. The van der Waals surface area contributed by atoms with Gasteiger partial charge in [-0.25, -0.2) is 0 Å². The summed E-state index contributed by atoms with van der Waals surface area (Å²) < 4.78 is 17.1. The van der Waals surface area contributed by atoms with E-state index in [1.165, 1.54) is 0 Å². The van der Waals surface area contributed by atoms with E-state index in [4.69, 9.17) is 4.52 Å². The Morgan fingerprint density at radius 1 is 1.47 bits per heavy atom. The van der Waals surface area contributed by atoms with Crippen LogP contribution in [0.2, 0.25) is 0 Å². The first-order valence-electron chi connectivity index (χ1n) is 5.98. The number of hydrogen-bond acceptors (Lipinski definition) is 2. The largest absolute Gasteiger partial charge is 0.332 e. The number of aryl methyl sites for hydroxylation is 1. The second-order valence-electron chi connectivity index (χ2n) is 4.49. The van der Waals surface area contributed by atoms with E-state index in [9.17, 15) is 9.46 Å². The molecule has 0 radical (unpaired) electrons. The van der Waals surface area contributed by atoms with Gasteiger partial charge in [-0.05, 0) is 25.8 Å². The highest BCUT2D eigenvalue weighted by atomic mass is 31.2. The first-order chi connectivity index (χ1) is 7.93. The van der Waals surface area contributed by atoms with E-state index in [-0.39, 0.29) is 12.3 Å².